The molecular weight excluding hydrogens is 298 g/mol. The number of hydrogen-bond acceptors (Lipinski definition) is 4. The van der Waals surface area contributed by atoms with Crippen LogP contribution < -0.4 is 11.1 Å². The van der Waals surface area contributed by atoms with Gasteiger partial charge in [-0.3, -0.25) is 14.5 Å². The van der Waals surface area contributed by atoms with Crippen LogP contribution in [0, 0.1) is 0 Å². The maximum atomic E-state index is 12.2. The zero-order chi connectivity index (χ0) is 15.7. The molecule has 2 amide bonds. The minimum Gasteiger partial charge on any atom is -0.369 e. The van der Waals surface area contributed by atoms with E-state index < -0.39 is 0 Å². The number of rotatable bonds is 4. The molecule has 0 radical (unpaired) electrons. The molecule has 116 valence electrons. The van der Waals surface area contributed by atoms with Gasteiger partial charge in [0.25, 0.3) is 5.91 Å². The third kappa shape index (κ3) is 2.71. The fraction of sp³-hybridized carbons (Fsp3) is 0.375. The van der Waals surface area contributed by atoms with Gasteiger partial charge in [-0.2, -0.15) is 0 Å². The van der Waals surface area contributed by atoms with Crippen molar-refractivity contribution in [3.8, 4) is 0 Å². The first-order valence-corrected chi connectivity index (χ1v) is 8.16. The number of carbonyl (C=O) groups is 2. The van der Waals surface area contributed by atoms with E-state index in [1.807, 2.05) is 18.2 Å². The average molecular weight is 317 g/mol. The Morgan fingerprint density at radius 1 is 1.41 bits per heavy atom. The third-order valence-electron chi connectivity index (χ3n) is 4.13. The van der Waals surface area contributed by atoms with Crippen LogP contribution in [0.4, 0.5) is 0 Å². The van der Waals surface area contributed by atoms with E-state index in [2.05, 4.69) is 16.3 Å². The number of nitrogens with zero attached hydrogens (tertiary/aromatic N) is 1. The Kier molecular flexibility index (Phi) is 4.13. The van der Waals surface area contributed by atoms with Crippen molar-refractivity contribution in [2.24, 2.45) is 5.73 Å². The Morgan fingerprint density at radius 2 is 2.18 bits per heavy atom. The number of primary amides is 1. The number of amides is 2. The lowest BCUT2D eigenvalue weighted by atomic mass is 9.95. The topological polar surface area (TPSA) is 75.4 Å². The lowest BCUT2D eigenvalue weighted by Crippen LogP contribution is -2.32. The first-order chi connectivity index (χ1) is 10.6. The van der Waals surface area contributed by atoms with Gasteiger partial charge in [0.05, 0.1) is 11.4 Å². The number of fused-ring (bicyclic) bond motifs is 1. The molecular formula is C16H19N3O2S. The predicted molar refractivity (Wildman–Crippen MR) is 88.2 cm³/mol. The number of carbonyl (C=O) groups excluding carboxylic acids is 2. The Balaban J connectivity index is 1.98. The van der Waals surface area contributed by atoms with Crippen LogP contribution in [-0.2, 0) is 4.79 Å². The zero-order valence-electron chi connectivity index (χ0n) is 12.5. The molecule has 6 heteroatoms. The first-order valence-electron chi connectivity index (χ1n) is 7.34. The van der Waals surface area contributed by atoms with Crippen molar-refractivity contribution in [1.29, 1.82) is 0 Å². The molecule has 1 fully saturated rings. The van der Waals surface area contributed by atoms with Crippen molar-refractivity contribution in [3.05, 3.63) is 34.7 Å². The van der Waals surface area contributed by atoms with Crippen molar-refractivity contribution in [1.82, 2.24) is 10.2 Å². The summed E-state index contributed by atoms with van der Waals surface area (Å²) < 4.78 is 1.13. The van der Waals surface area contributed by atoms with Crippen molar-refractivity contribution < 1.29 is 9.59 Å². The summed E-state index contributed by atoms with van der Waals surface area (Å²) in [7, 11) is 1.66. The maximum Gasteiger partial charge on any atom is 0.261 e. The number of benzene rings is 1. The van der Waals surface area contributed by atoms with Gasteiger partial charge in [0.2, 0.25) is 5.91 Å². The first kappa shape index (κ1) is 15.0. The van der Waals surface area contributed by atoms with Gasteiger partial charge in [-0.25, -0.2) is 0 Å². The van der Waals surface area contributed by atoms with Gasteiger partial charge < -0.3 is 11.1 Å². The molecule has 1 saturated heterocycles. The van der Waals surface area contributed by atoms with Crippen molar-refractivity contribution in [2.45, 2.75) is 12.3 Å². The fourth-order valence-corrected chi connectivity index (χ4v) is 4.42. The second kappa shape index (κ2) is 6.06. The minimum absolute atomic E-state index is 0.0375. The lowest BCUT2D eigenvalue weighted by molar-refractivity contribution is -0.118. The minimum atomic E-state index is -0.303. The van der Waals surface area contributed by atoms with Crippen molar-refractivity contribution >= 4 is 33.2 Å². The van der Waals surface area contributed by atoms with E-state index in [4.69, 9.17) is 5.73 Å². The molecule has 1 aromatic heterocycles. The van der Waals surface area contributed by atoms with Crippen LogP contribution in [0.15, 0.2) is 24.3 Å². The number of hydrogen-bond donors (Lipinski definition) is 2. The summed E-state index contributed by atoms with van der Waals surface area (Å²) in [6.45, 7) is 1.90. The van der Waals surface area contributed by atoms with Crippen molar-refractivity contribution in [2.75, 3.05) is 26.7 Å². The van der Waals surface area contributed by atoms with Crippen LogP contribution in [0.5, 0.6) is 0 Å². The van der Waals surface area contributed by atoms with E-state index in [1.54, 1.807) is 7.05 Å². The molecule has 22 heavy (non-hydrogen) atoms. The summed E-state index contributed by atoms with van der Waals surface area (Å²) in [6.07, 6.45) is 0.942. The van der Waals surface area contributed by atoms with Gasteiger partial charge in [0, 0.05) is 24.2 Å². The highest BCUT2D eigenvalue weighted by molar-refractivity contribution is 7.21. The van der Waals surface area contributed by atoms with Gasteiger partial charge in [0.1, 0.15) is 0 Å². The highest BCUT2D eigenvalue weighted by Crippen LogP contribution is 2.39. The molecule has 5 nitrogen and oxygen atoms in total. The number of nitrogens with one attached hydrogen (secondary N) is 1. The molecule has 1 atom stereocenters. The Morgan fingerprint density at radius 3 is 2.91 bits per heavy atom. The van der Waals surface area contributed by atoms with Crippen LogP contribution in [0.2, 0.25) is 0 Å². The summed E-state index contributed by atoms with van der Waals surface area (Å²) >= 11 is 1.54. The summed E-state index contributed by atoms with van der Waals surface area (Å²) in [5, 5.41) is 3.88. The fourth-order valence-electron chi connectivity index (χ4n) is 3.19. The number of nitrogens with two attached hydrogens (primary N) is 1. The summed E-state index contributed by atoms with van der Waals surface area (Å²) in [4.78, 5) is 26.2. The second-order valence-electron chi connectivity index (χ2n) is 5.61. The van der Waals surface area contributed by atoms with Gasteiger partial charge in [-0.15, -0.1) is 11.3 Å². The molecule has 2 aromatic rings. The lowest BCUT2D eigenvalue weighted by Gasteiger charge is -2.14. The Hall–Kier alpha value is -1.92. The summed E-state index contributed by atoms with van der Waals surface area (Å²) in [5.74, 6) is -0.0743. The molecule has 2 heterocycles. The largest absolute Gasteiger partial charge is 0.369 e. The molecule has 1 aliphatic rings. The third-order valence-corrected chi connectivity index (χ3v) is 5.31. The van der Waals surface area contributed by atoms with E-state index in [0.717, 1.165) is 40.0 Å². The van der Waals surface area contributed by atoms with Crippen LogP contribution in [0.25, 0.3) is 10.1 Å². The van der Waals surface area contributed by atoms with E-state index >= 15 is 0 Å². The van der Waals surface area contributed by atoms with Crippen LogP contribution in [0.1, 0.15) is 27.6 Å². The van der Waals surface area contributed by atoms with E-state index in [-0.39, 0.29) is 24.3 Å². The monoisotopic (exact) mass is 317 g/mol. The Bertz CT molecular complexity index is 725. The molecule has 3 rings (SSSR count). The smallest absolute Gasteiger partial charge is 0.261 e. The molecule has 1 aromatic carbocycles. The van der Waals surface area contributed by atoms with E-state index in [1.165, 1.54) is 11.3 Å². The van der Waals surface area contributed by atoms with Gasteiger partial charge in [-0.05, 0) is 30.0 Å². The normalized spacial score (nSPS) is 18.7. The highest BCUT2D eigenvalue weighted by Gasteiger charge is 2.30. The molecule has 0 unspecified atom stereocenters. The predicted octanol–water partition coefficient (Wildman–Crippen LogP) is 1.54. The van der Waals surface area contributed by atoms with Gasteiger partial charge in [0.15, 0.2) is 0 Å². The van der Waals surface area contributed by atoms with Crippen LogP contribution in [0.3, 0.4) is 0 Å². The van der Waals surface area contributed by atoms with Gasteiger partial charge >= 0.3 is 0 Å². The number of likely N-dealkylation sites (tertiary alicyclic amines) is 1. The zero-order valence-corrected chi connectivity index (χ0v) is 13.3. The maximum absolute atomic E-state index is 12.2. The molecule has 0 saturated carbocycles. The quantitative estimate of drug-likeness (QED) is 0.898. The average Bonchev–Trinajstić information content (AvgIpc) is 3.09. The SMILES string of the molecule is CNC(=O)c1sc2ccccc2c1[C@@H]1CCN(CC(N)=O)C1. The summed E-state index contributed by atoms with van der Waals surface area (Å²) in [5.41, 5.74) is 6.40. The van der Waals surface area contributed by atoms with Crippen LogP contribution >= 0.6 is 11.3 Å². The van der Waals surface area contributed by atoms with Gasteiger partial charge in [-0.1, -0.05) is 18.2 Å². The van der Waals surface area contributed by atoms with Crippen LogP contribution in [-0.4, -0.2) is 43.4 Å². The highest BCUT2D eigenvalue weighted by atomic mass is 32.1. The Labute approximate surface area is 133 Å². The number of thiophene rings is 1. The molecule has 1 aliphatic heterocycles. The molecule has 0 bridgehead atoms. The van der Waals surface area contributed by atoms with E-state index in [0.29, 0.717) is 0 Å². The standard InChI is InChI=1S/C16H19N3O2S/c1-18-16(21)15-14(11-4-2-3-5-12(11)22-15)10-6-7-19(8-10)9-13(17)20/h2-5,10H,6-9H2,1H3,(H2,17,20)(H,18,21)/t10-/m1/s1. The summed E-state index contributed by atoms with van der Waals surface area (Å²) in [6, 6.07) is 8.11. The molecule has 0 spiro atoms. The van der Waals surface area contributed by atoms with Crippen molar-refractivity contribution in [3.63, 3.8) is 0 Å². The molecule has 3 N–H and O–H groups in total. The van der Waals surface area contributed by atoms with E-state index in [9.17, 15) is 9.59 Å². The molecule has 0 aliphatic carbocycles. The second-order valence-corrected chi connectivity index (χ2v) is 6.66.